The minimum absolute atomic E-state index is 0.415. The van der Waals surface area contributed by atoms with Crippen molar-refractivity contribution >= 4 is 21.5 Å². The zero-order chi connectivity index (χ0) is 15.5. The molecule has 1 aromatic heterocycles. The van der Waals surface area contributed by atoms with Gasteiger partial charge in [0.2, 0.25) is 0 Å². The first-order chi connectivity index (χ1) is 9.90. The summed E-state index contributed by atoms with van der Waals surface area (Å²) < 4.78 is 29.0. The lowest BCUT2D eigenvalue weighted by Crippen LogP contribution is -2.48. The van der Waals surface area contributed by atoms with Crippen molar-refractivity contribution in [2.75, 3.05) is 19.6 Å². The first-order valence-corrected chi connectivity index (χ1v) is 9.84. The number of thiazole rings is 1. The van der Waals surface area contributed by atoms with Crippen molar-refractivity contribution < 1.29 is 8.42 Å². The van der Waals surface area contributed by atoms with Crippen LogP contribution in [0.2, 0.25) is 0 Å². The van der Waals surface area contributed by atoms with Gasteiger partial charge in [-0.05, 0) is 24.7 Å². The van der Waals surface area contributed by atoms with Gasteiger partial charge in [0.05, 0.1) is 5.01 Å². The molecule has 1 saturated heterocycles. The zero-order valence-electron chi connectivity index (χ0n) is 13.0. The Hall–Kier alpha value is -0.500. The maximum absolute atomic E-state index is 12.3. The third-order valence-electron chi connectivity index (χ3n) is 3.75. The molecular formula is C14H25N3O2S2. The molecule has 0 radical (unpaired) electrons. The molecule has 21 heavy (non-hydrogen) atoms. The summed E-state index contributed by atoms with van der Waals surface area (Å²) in [7, 11) is -3.36. The molecule has 0 spiro atoms. The topological polar surface area (TPSA) is 62.3 Å². The van der Waals surface area contributed by atoms with Crippen LogP contribution >= 0.6 is 11.3 Å². The van der Waals surface area contributed by atoms with Crippen molar-refractivity contribution in [3.63, 3.8) is 0 Å². The lowest BCUT2D eigenvalue weighted by Gasteiger charge is -2.33. The summed E-state index contributed by atoms with van der Waals surface area (Å²) in [6.07, 6.45) is 4.61. The fraction of sp³-hybridized carbons (Fsp3) is 0.786. The number of nitrogens with zero attached hydrogens (tertiary/aromatic N) is 2. The Labute approximate surface area is 132 Å². The standard InChI is InChI=1S/C14H25N3O2S2/c1-4-13-8-15-14(20-13)5-6-16-21(18,19)17-9-11(2)7-12(3)10-17/h8,11-12,16H,4-7,9-10H2,1-3H3. The van der Waals surface area contributed by atoms with E-state index in [0.717, 1.165) is 17.8 Å². The van der Waals surface area contributed by atoms with Gasteiger partial charge in [0.25, 0.3) is 10.2 Å². The summed E-state index contributed by atoms with van der Waals surface area (Å²) in [6, 6.07) is 0. The molecule has 1 aromatic rings. The summed E-state index contributed by atoms with van der Waals surface area (Å²) in [4.78, 5) is 5.56. The van der Waals surface area contributed by atoms with Crippen molar-refractivity contribution in [3.8, 4) is 0 Å². The fourth-order valence-electron chi connectivity index (χ4n) is 2.81. The number of aromatic nitrogens is 1. The molecule has 0 aromatic carbocycles. The molecule has 1 aliphatic heterocycles. The quantitative estimate of drug-likeness (QED) is 0.868. The highest BCUT2D eigenvalue weighted by molar-refractivity contribution is 7.87. The van der Waals surface area contributed by atoms with Gasteiger partial charge < -0.3 is 0 Å². The van der Waals surface area contributed by atoms with Gasteiger partial charge in [0, 0.05) is 37.1 Å². The van der Waals surface area contributed by atoms with Crippen molar-refractivity contribution in [2.24, 2.45) is 11.8 Å². The van der Waals surface area contributed by atoms with E-state index in [4.69, 9.17) is 0 Å². The number of hydrogen-bond donors (Lipinski definition) is 1. The minimum atomic E-state index is -3.36. The van der Waals surface area contributed by atoms with Crippen LogP contribution in [-0.2, 0) is 23.1 Å². The lowest BCUT2D eigenvalue weighted by molar-refractivity contribution is 0.220. The van der Waals surface area contributed by atoms with Gasteiger partial charge in [-0.25, -0.2) is 9.71 Å². The maximum atomic E-state index is 12.3. The van der Waals surface area contributed by atoms with Crippen molar-refractivity contribution in [2.45, 2.75) is 40.0 Å². The molecule has 0 aliphatic carbocycles. The van der Waals surface area contributed by atoms with Crippen LogP contribution in [0.1, 0.15) is 37.1 Å². The molecule has 1 aliphatic rings. The van der Waals surface area contributed by atoms with Crippen LogP contribution in [0.15, 0.2) is 6.20 Å². The minimum Gasteiger partial charge on any atom is -0.249 e. The maximum Gasteiger partial charge on any atom is 0.279 e. The number of nitrogens with one attached hydrogen (secondary N) is 1. The average Bonchev–Trinajstić information content (AvgIpc) is 2.85. The van der Waals surface area contributed by atoms with Gasteiger partial charge in [0.15, 0.2) is 0 Å². The largest absolute Gasteiger partial charge is 0.279 e. The fourth-order valence-corrected chi connectivity index (χ4v) is 5.11. The van der Waals surface area contributed by atoms with E-state index in [1.54, 1.807) is 15.6 Å². The molecule has 2 rings (SSSR count). The number of piperidine rings is 1. The Morgan fingerprint density at radius 1 is 1.38 bits per heavy atom. The van der Waals surface area contributed by atoms with E-state index >= 15 is 0 Å². The third kappa shape index (κ3) is 4.74. The molecule has 120 valence electrons. The molecule has 5 nitrogen and oxygen atoms in total. The molecule has 2 unspecified atom stereocenters. The monoisotopic (exact) mass is 331 g/mol. The first-order valence-electron chi connectivity index (χ1n) is 7.59. The van der Waals surface area contributed by atoms with E-state index in [0.29, 0.717) is 37.9 Å². The number of hydrogen-bond acceptors (Lipinski definition) is 4. The summed E-state index contributed by atoms with van der Waals surface area (Å²) in [5, 5.41) is 0.995. The second kappa shape index (κ2) is 7.17. The van der Waals surface area contributed by atoms with Gasteiger partial charge in [0.1, 0.15) is 0 Å². The molecule has 2 heterocycles. The Kier molecular flexibility index (Phi) is 5.76. The Balaban J connectivity index is 1.86. The van der Waals surface area contributed by atoms with Gasteiger partial charge >= 0.3 is 0 Å². The summed E-state index contributed by atoms with van der Waals surface area (Å²) in [5.74, 6) is 0.854. The highest BCUT2D eigenvalue weighted by Crippen LogP contribution is 2.22. The van der Waals surface area contributed by atoms with Crippen LogP contribution in [0.25, 0.3) is 0 Å². The summed E-state index contributed by atoms with van der Waals surface area (Å²) in [5.41, 5.74) is 0. The summed E-state index contributed by atoms with van der Waals surface area (Å²) in [6.45, 7) is 7.98. The molecule has 0 amide bonds. The number of rotatable bonds is 6. The first kappa shape index (κ1) is 16.9. The lowest BCUT2D eigenvalue weighted by atomic mass is 9.94. The molecule has 1 N–H and O–H groups in total. The van der Waals surface area contributed by atoms with Crippen LogP contribution in [0.3, 0.4) is 0 Å². The van der Waals surface area contributed by atoms with Gasteiger partial charge in [-0.2, -0.15) is 12.7 Å². The van der Waals surface area contributed by atoms with Crippen molar-refractivity contribution in [1.29, 1.82) is 0 Å². The molecule has 2 atom stereocenters. The smallest absolute Gasteiger partial charge is 0.249 e. The Bertz CT molecular complexity index is 546. The van der Waals surface area contributed by atoms with E-state index in [9.17, 15) is 8.42 Å². The SMILES string of the molecule is CCc1cnc(CCNS(=O)(=O)N2CC(C)CC(C)C2)s1. The predicted octanol–water partition coefficient (Wildman–Crippen LogP) is 2.06. The Morgan fingerprint density at radius 2 is 2.05 bits per heavy atom. The third-order valence-corrected chi connectivity index (χ3v) is 6.50. The normalized spacial score (nSPS) is 24.3. The van der Waals surface area contributed by atoms with Crippen LogP contribution in [0, 0.1) is 11.8 Å². The van der Waals surface area contributed by atoms with Gasteiger partial charge in [-0.15, -0.1) is 11.3 Å². The summed E-state index contributed by atoms with van der Waals surface area (Å²) >= 11 is 1.66. The van der Waals surface area contributed by atoms with Crippen LogP contribution in [-0.4, -0.2) is 37.3 Å². The molecular weight excluding hydrogens is 306 g/mol. The van der Waals surface area contributed by atoms with Gasteiger partial charge in [-0.3, -0.25) is 0 Å². The zero-order valence-corrected chi connectivity index (χ0v) is 14.6. The predicted molar refractivity (Wildman–Crippen MR) is 86.6 cm³/mol. The molecule has 0 bridgehead atoms. The second-order valence-electron chi connectivity index (χ2n) is 5.99. The van der Waals surface area contributed by atoms with Crippen LogP contribution < -0.4 is 4.72 Å². The number of aryl methyl sites for hydroxylation is 1. The molecule has 7 heteroatoms. The molecule has 0 saturated carbocycles. The van der Waals surface area contributed by atoms with E-state index in [2.05, 4.69) is 30.5 Å². The highest BCUT2D eigenvalue weighted by atomic mass is 32.2. The van der Waals surface area contributed by atoms with Crippen molar-refractivity contribution in [3.05, 3.63) is 16.1 Å². The second-order valence-corrected chi connectivity index (χ2v) is 8.94. The van der Waals surface area contributed by atoms with E-state index < -0.39 is 10.2 Å². The Morgan fingerprint density at radius 3 is 2.62 bits per heavy atom. The van der Waals surface area contributed by atoms with Crippen molar-refractivity contribution in [1.82, 2.24) is 14.0 Å². The van der Waals surface area contributed by atoms with Crippen LogP contribution in [0.5, 0.6) is 0 Å². The molecule has 1 fully saturated rings. The average molecular weight is 332 g/mol. The van der Waals surface area contributed by atoms with Crippen LogP contribution in [0.4, 0.5) is 0 Å². The van der Waals surface area contributed by atoms with E-state index in [1.165, 1.54) is 4.88 Å². The van der Waals surface area contributed by atoms with E-state index in [1.807, 2.05) is 6.20 Å². The highest BCUT2D eigenvalue weighted by Gasteiger charge is 2.29. The van der Waals surface area contributed by atoms with E-state index in [-0.39, 0.29) is 0 Å². The van der Waals surface area contributed by atoms with Gasteiger partial charge in [-0.1, -0.05) is 20.8 Å².